The molecule has 0 bridgehead atoms. The van der Waals surface area contributed by atoms with E-state index in [1.54, 1.807) is 0 Å². The quantitative estimate of drug-likeness (QED) is 0.552. The van der Waals surface area contributed by atoms with E-state index in [0.29, 0.717) is 25.2 Å². The first kappa shape index (κ1) is 23.9. The molecule has 0 spiro atoms. The Balaban J connectivity index is 1.30. The maximum atomic E-state index is 12.3. The molecule has 2 aromatic rings. The third kappa shape index (κ3) is 5.46. The largest absolute Gasteiger partial charge is 0.489 e. The van der Waals surface area contributed by atoms with E-state index >= 15 is 0 Å². The molecule has 1 saturated heterocycles. The van der Waals surface area contributed by atoms with Crippen LogP contribution in [0.1, 0.15) is 58.1 Å². The maximum absolute atomic E-state index is 12.3. The fourth-order valence-electron chi connectivity index (χ4n) is 4.53. The number of carbonyl (C=O) groups excluding carboxylic acids is 2. The zero-order valence-corrected chi connectivity index (χ0v) is 20.2. The van der Waals surface area contributed by atoms with Crippen molar-refractivity contribution >= 4 is 17.6 Å². The van der Waals surface area contributed by atoms with Gasteiger partial charge in [-0.2, -0.15) is 0 Å². The number of ether oxygens (including phenoxy) is 3. The van der Waals surface area contributed by atoms with Gasteiger partial charge in [0, 0.05) is 25.6 Å². The van der Waals surface area contributed by atoms with Crippen LogP contribution in [0.3, 0.4) is 0 Å². The first-order valence-corrected chi connectivity index (χ1v) is 12.1. The lowest BCUT2D eigenvalue weighted by atomic mass is 9.80. The standard InChI is InChI=1S/C27H34N2O5/c1-4-32-26(31)27(15-5-16-27)34-24-12-8-22(9-13-24)29-17-14-25(18-29)33-23-10-6-21(7-11-23)19(2)28-20(3)30/h6-13,19,25H,4-5,14-18H2,1-3H3,(H,28,30)/t19-,25?/m0/s1. The predicted molar refractivity (Wildman–Crippen MR) is 130 cm³/mol. The maximum Gasteiger partial charge on any atom is 0.350 e. The molecule has 182 valence electrons. The van der Waals surface area contributed by atoms with Crippen molar-refractivity contribution in [2.24, 2.45) is 0 Å². The lowest BCUT2D eigenvalue weighted by molar-refractivity contribution is -0.169. The first-order chi connectivity index (χ1) is 16.4. The molecule has 34 heavy (non-hydrogen) atoms. The zero-order chi connectivity index (χ0) is 24.1. The van der Waals surface area contributed by atoms with Gasteiger partial charge in [0.2, 0.25) is 11.5 Å². The molecule has 2 atom stereocenters. The van der Waals surface area contributed by atoms with Crippen molar-refractivity contribution in [1.82, 2.24) is 5.32 Å². The second kappa shape index (κ2) is 10.4. The van der Waals surface area contributed by atoms with Gasteiger partial charge >= 0.3 is 5.97 Å². The van der Waals surface area contributed by atoms with Gasteiger partial charge in [-0.1, -0.05) is 12.1 Å². The van der Waals surface area contributed by atoms with Crippen LogP contribution < -0.4 is 19.7 Å². The van der Waals surface area contributed by atoms with Crippen LogP contribution in [0.25, 0.3) is 0 Å². The lowest BCUT2D eigenvalue weighted by Gasteiger charge is -2.39. The van der Waals surface area contributed by atoms with Crippen LogP contribution in [0.5, 0.6) is 11.5 Å². The van der Waals surface area contributed by atoms with Gasteiger partial charge in [0.25, 0.3) is 0 Å². The lowest BCUT2D eigenvalue weighted by Crippen LogP contribution is -2.51. The van der Waals surface area contributed by atoms with Crippen LogP contribution in [-0.4, -0.2) is 43.3 Å². The molecule has 1 aliphatic heterocycles. The third-order valence-electron chi connectivity index (χ3n) is 6.57. The average molecular weight is 467 g/mol. The minimum atomic E-state index is -0.820. The summed E-state index contributed by atoms with van der Waals surface area (Å²) in [5.41, 5.74) is 1.33. The SMILES string of the molecule is CCOC(=O)C1(Oc2ccc(N3CCC(Oc4ccc([C@H](C)NC(C)=O)cc4)C3)cc2)CCC1. The number of nitrogens with one attached hydrogen (secondary N) is 1. The van der Waals surface area contributed by atoms with Gasteiger partial charge in [-0.25, -0.2) is 4.79 Å². The van der Waals surface area contributed by atoms with Crippen LogP contribution in [0.2, 0.25) is 0 Å². The summed E-state index contributed by atoms with van der Waals surface area (Å²) in [6.07, 6.45) is 3.42. The van der Waals surface area contributed by atoms with Crippen molar-refractivity contribution in [2.75, 3.05) is 24.6 Å². The Morgan fingerprint density at radius 2 is 1.76 bits per heavy atom. The highest BCUT2D eigenvalue weighted by molar-refractivity contribution is 5.81. The van der Waals surface area contributed by atoms with E-state index in [1.807, 2.05) is 62.4 Å². The number of anilines is 1. The highest BCUT2D eigenvalue weighted by Crippen LogP contribution is 2.38. The monoisotopic (exact) mass is 466 g/mol. The number of benzene rings is 2. The molecule has 1 unspecified atom stereocenters. The van der Waals surface area contributed by atoms with Crippen LogP contribution in [0, 0.1) is 0 Å². The Labute approximate surface area is 201 Å². The molecule has 1 saturated carbocycles. The predicted octanol–water partition coefficient (Wildman–Crippen LogP) is 4.41. The highest BCUT2D eigenvalue weighted by Gasteiger charge is 2.48. The van der Waals surface area contributed by atoms with E-state index in [1.165, 1.54) is 6.92 Å². The molecule has 1 heterocycles. The van der Waals surface area contributed by atoms with Crippen molar-refractivity contribution in [1.29, 1.82) is 0 Å². The summed E-state index contributed by atoms with van der Waals surface area (Å²) in [5.74, 6) is 1.22. The molecule has 1 N–H and O–H groups in total. The van der Waals surface area contributed by atoms with Gasteiger partial charge < -0.3 is 24.4 Å². The summed E-state index contributed by atoms with van der Waals surface area (Å²) in [6.45, 7) is 7.38. The molecule has 2 aromatic carbocycles. The fourth-order valence-corrected chi connectivity index (χ4v) is 4.53. The first-order valence-electron chi connectivity index (χ1n) is 12.1. The average Bonchev–Trinajstić information content (AvgIpc) is 3.25. The van der Waals surface area contributed by atoms with Gasteiger partial charge in [0.05, 0.1) is 19.2 Å². The zero-order valence-electron chi connectivity index (χ0n) is 20.2. The topological polar surface area (TPSA) is 77.1 Å². The van der Waals surface area contributed by atoms with Crippen LogP contribution in [0.4, 0.5) is 5.69 Å². The molecule has 7 nitrogen and oxygen atoms in total. The molecule has 0 aromatic heterocycles. The number of hydrogen-bond donors (Lipinski definition) is 1. The van der Waals surface area contributed by atoms with Gasteiger partial charge in [-0.15, -0.1) is 0 Å². The number of rotatable bonds is 9. The Morgan fingerprint density at radius 1 is 1.09 bits per heavy atom. The van der Waals surface area contributed by atoms with Crippen molar-refractivity contribution in [3.63, 3.8) is 0 Å². The molecular weight excluding hydrogens is 432 g/mol. The molecule has 1 amide bonds. The van der Waals surface area contributed by atoms with Gasteiger partial charge in [-0.05, 0) is 75.1 Å². The van der Waals surface area contributed by atoms with Crippen molar-refractivity contribution in [3.05, 3.63) is 54.1 Å². The van der Waals surface area contributed by atoms with Crippen molar-refractivity contribution in [2.45, 2.75) is 64.2 Å². The van der Waals surface area contributed by atoms with E-state index in [0.717, 1.165) is 42.9 Å². The minimum absolute atomic E-state index is 0.0306. The molecule has 7 heteroatoms. The van der Waals surface area contributed by atoms with Crippen LogP contribution in [-0.2, 0) is 14.3 Å². The Hall–Kier alpha value is -3.22. The van der Waals surface area contributed by atoms with Gasteiger partial charge in [-0.3, -0.25) is 4.79 Å². The second-order valence-electron chi connectivity index (χ2n) is 9.13. The summed E-state index contributed by atoms with van der Waals surface area (Å²) < 4.78 is 17.5. The molecule has 2 fully saturated rings. The van der Waals surface area contributed by atoms with Gasteiger partial charge in [0.1, 0.15) is 17.6 Å². The van der Waals surface area contributed by atoms with E-state index < -0.39 is 5.60 Å². The Bertz CT molecular complexity index is 985. The summed E-state index contributed by atoms with van der Waals surface area (Å²) >= 11 is 0. The highest BCUT2D eigenvalue weighted by atomic mass is 16.6. The summed E-state index contributed by atoms with van der Waals surface area (Å²) in [4.78, 5) is 25.9. The van der Waals surface area contributed by atoms with E-state index in [2.05, 4.69) is 10.2 Å². The summed E-state index contributed by atoms with van der Waals surface area (Å²) in [6, 6.07) is 15.8. The third-order valence-corrected chi connectivity index (χ3v) is 6.57. The smallest absolute Gasteiger partial charge is 0.350 e. The fraction of sp³-hybridized carbons (Fsp3) is 0.481. The molecule has 1 aliphatic carbocycles. The number of esters is 1. The molecule has 4 rings (SSSR count). The number of nitrogens with zero attached hydrogens (tertiary/aromatic N) is 1. The minimum Gasteiger partial charge on any atom is -0.489 e. The number of carbonyl (C=O) groups is 2. The summed E-state index contributed by atoms with van der Waals surface area (Å²) in [7, 11) is 0. The van der Waals surface area contributed by atoms with Crippen molar-refractivity contribution in [3.8, 4) is 11.5 Å². The number of hydrogen-bond acceptors (Lipinski definition) is 6. The van der Waals surface area contributed by atoms with Crippen LogP contribution in [0.15, 0.2) is 48.5 Å². The molecular formula is C27H34N2O5. The Kier molecular flexibility index (Phi) is 7.29. The second-order valence-corrected chi connectivity index (χ2v) is 9.13. The van der Waals surface area contributed by atoms with E-state index in [4.69, 9.17) is 14.2 Å². The van der Waals surface area contributed by atoms with Gasteiger partial charge in [0.15, 0.2) is 0 Å². The number of amides is 1. The Morgan fingerprint density at radius 3 is 2.35 bits per heavy atom. The normalized spacial score (nSPS) is 19.6. The molecule has 2 aliphatic rings. The van der Waals surface area contributed by atoms with Crippen molar-refractivity contribution < 1.29 is 23.8 Å². The van der Waals surface area contributed by atoms with E-state index in [9.17, 15) is 9.59 Å². The van der Waals surface area contributed by atoms with Crippen LogP contribution >= 0.6 is 0 Å². The summed E-state index contributed by atoms with van der Waals surface area (Å²) in [5, 5.41) is 2.89. The molecule has 0 radical (unpaired) electrons. The van der Waals surface area contributed by atoms with E-state index in [-0.39, 0.29) is 24.0 Å².